The summed E-state index contributed by atoms with van der Waals surface area (Å²) >= 11 is 3.33. The average molecular weight is 349 g/mol. The maximum Gasteiger partial charge on any atom is 0.326 e. The number of nitrogens with one attached hydrogen (secondary N) is 1. The molecule has 1 heterocycles. The molecule has 2 aromatic rings. The van der Waals surface area contributed by atoms with Gasteiger partial charge in [0, 0.05) is 17.1 Å². The number of pyridine rings is 1. The quantitative estimate of drug-likeness (QED) is 0.868. The number of carboxylic acids is 1. The van der Waals surface area contributed by atoms with Gasteiger partial charge in [-0.05, 0) is 29.8 Å². The Morgan fingerprint density at radius 3 is 2.67 bits per heavy atom. The van der Waals surface area contributed by atoms with Gasteiger partial charge in [0.1, 0.15) is 11.7 Å². The zero-order chi connectivity index (χ0) is 15.2. The van der Waals surface area contributed by atoms with E-state index >= 15 is 0 Å². The molecule has 0 aliphatic heterocycles. The summed E-state index contributed by atoms with van der Waals surface area (Å²) in [4.78, 5) is 27.2. The van der Waals surface area contributed by atoms with E-state index in [1.807, 2.05) is 24.3 Å². The van der Waals surface area contributed by atoms with Crippen LogP contribution in [0.4, 0.5) is 0 Å². The van der Waals surface area contributed by atoms with Crippen molar-refractivity contribution in [2.45, 2.75) is 12.5 Å². The van der Waals surface area contributed by atoms with E-state index in [-0.39, 0.29) is 12.1 Å². The van der Waals surface area contributed by atoms with Gasteiger partial charge >= 0.3 is 5.97 Å². The molecule has 0 radical (unpaired) electrons. The summed E-state index contributed by atoms with van der Waals surface area (Å²) in [7, 11) is 0. The highest BCUT2D eigenvalue weighted by atomic mass is 79.9. The Morgan fingerprint density at radius 1 is 1.24 bits per heavy atom. The molecule has 2 N–H and O–H groups in total. The Labute approximate surface area is 130 Å². The summed E-state index contributed by atoms with van der Waals surface area (Å²) in [6.45, 7) is 0. The van der Waals surface area contributed by atoms with E-state index in [0.29, 0.717) is 0 Å². The molecule has 1 atom stereocenters. The molecule has 5 nitrogen and oxygen atoms in total. The van der Waals surface area contributed by atoms with Crippen molar-refractivity contribution in [2.75, 3.05) is 0 Å². The number of halogens is 1. The summed E-state index contributed by atoms with van der Waals surface area (Å²) in [5, 5.41) is 11.7. The monoisotopic (exact) mass is 348 g/mol. The number of hydrogen-bond donors (Lipinski definition) is 2. The predicted molar refractivity (Wildman–Crippen MR) is 81.0 cm³/mol. The highest BCUT2D eigenvalue weighted by Crippen LogP contribution is 2.13. The lowest BCUT2D eigenvalue weighted by atomic mass is 10.1. The average Bonchev–Trinajstić information content (AvgIpc) is 2.47. The highest BCUT2D eigenvalue weighted by Gasteiger charge is 2.21. The van der Waals surface area contributed by atoms with Crippen molar-refractivity contribution in [1.29, 1.82) is 0 Å². The molecule has 0 saturated heterocycles. The summed E-state index contributed by atoms with van der Waals surface area (Å²) < 4.78 is 0.861. The fourth-order valence-electron chi connectivity index (χ4n) is 1.83. The fourth-order valence-corrected chi connectivity index (χ4v) is 2.28. The third kappa shape index (κ3) is 4.39. The number of amides is 1. The molecular weight excluding hydrogens is 336 g/mol. The standard InChI is InChI=1S/C15H13BrN2O3/c16-11-5-3-4-10(8-11)9-13(15(20)21)18-14(19)12-6-1-2-7-17-12/h1-8,13H,9H2,(H,18,19)(H,20,21)/t13-/m1/s1. The van der Waals surface area contributed by atoms with Crippen LogP contribution in [0.3, 0.4) is 0 Å². The second kappa shape index (κ2) is 6.99. The van der Waals surface area contributed by atoms with Gasteiger partial charge in [0.25, 0.3) is 5.91 Å². The van der Waals surface area contributed by atoms with Crippen LogP contribution in [0.2, 0.25) is 0 Å². The van der Waals surface area contributed by atoms with Gasteiger partial charge in [-0.15, -0.1) is 0 Å². The fraction of sp³-hybridized carbons (Fsp3) is 0.133. The van der Waals surface area contributed by atoms with Gasteiger partial charge in [0.15, 0.2) is 0 Å². The van der Waals surface area contributed by atoms with Crippen LogP contribution in [-0.2, 0) is 11.2 Å². The zero-order valence-corrected chi connectivity index (χ0v) is 12.6. The van der Waals surface area contributed by atoms with Crippen LogP contribution in [0.1, 0.15) is 16.1 Å². The first-order valence-electron chi connectivity index (χ1n) is 6.25. The van der Waals surface area contributed by atoms with Crippen molar-refractivity contribution in [3.8, 4) is 0 Å². The molecule has 1 aromatic heterocycles. The maximum absolute atomic E-state index is 12.0. The van der Waals surface area contributed by atoms with E-state index in [1.54, 1.807) is 12.1 Å². The maximum atomic E-state index is 12.0. The highest BCUT2D eigenvalue weighted by molar-refractivity contribution is 9.10. The van der Waals surface area contributed by atoms with E-state index in [9.17, 15) is 14.7 Å². The first-order chi connectivity index (χ1) is 10.1. The van der Waals surface area contributed by atoms with Crippen molar-refractivity contribution in [1.82, 2.24) is 10.3 Å². The molecule has 1 amide bonds. The van der Waals surface area contributed by atoms with Crippen molar-refractivity contribution in [3.05, 3.63) is 64.4 Å². The summed E-state index contributed by atoms with van der Waals surface area (Å²) in [6, 6.07) is 11.2. The molecule has 1 aromatic carbocycles. The van der Waals surface area contributed by atoms with Crippen molar-refractivity contribution >= 4 is 27.8 Å². The summed E-state index contributed by atoms with van der Waals surface area (Å²) in [5.74, 6) is -1.59. The lowest BCUT2D eigenvalue weighted by molar-refractivity contribution is -0.139. The zero-order valence-electron chi connectivity index (χ0n) is 11.0. The van der Waals surface area contributed by atoms with Crippen LogP contribution < -0.4 is 5.32 Å². The van der Waals surface area contributed by atoms with Crippen LogP contribution in [0, 0.1) is 0 Å². The van der Waals surface area contributed by atoms with E-state index in [0.717, 1.165) is 10.0 Å². The number of hydrogen-bond acceptors (Lipinski definition) is 3. The molecule has 21 heavy (non-hydrogen) atoms. The smallest absolute Gasteiger partial charge is 0.326 e. The predicted octanol–water partition coefficient (Wildman–Crippen LogP) is 2.27. The lowest BCUT2D eigenvalue weighted by Gasteiger charge is -2.14. The number of aliphatic carboxylic acids is 1. The number of nitrogens with zero attached hydrogens (tertiary/aromatic N) is 1. The van der Waals surface area contributed by atoms with E-state index < -0.39 is 17.9 Å². The van der Waals surface area contributed by atoms with Gasteiger partial charge < -0.3 is 10.4 Å². The molecule has 0 unspecified atom stereocenters. The first kappa shape index (κ1) is 15.2. The minimum atomic E-state index is -1.08. The van der Waals surface area contributed by atoms with Crippen LogP contribution in [0.5, 0.6) is 0 Å². The van der Waals surface area contributed by atoms with Gasteiger partial charge in [-0.3, -0.25) is 9.78 Å². The Bertz CT molecular complexity index is 646. The summed E-state index contributed by atoms with van der Waals surface area (Å²) in [6.07, 6.45) is 1.69. The minimum Gasteiger partial charge on any atom is -0.480 e. The third-order valence-corrected chi connectivity index (χ3v) is 3.32. The Hall–Kier alpha value is -2.21. The van der Waals surface area contributed by atoms with Crippen molar-refractivity contribution in [3.63, 3.8) is 0 Å². The largest absolute Gasteiger partial charge is 0.480 e. The van der Waals surface area contributed by atoms with Gasteiger partial charge in [-0.25, -0.2) is 4.79 Å². The van der Waals surface area contributed by atoms with Crippen LogP contribution in [0.25, 0.3) is 0 Å². The van der Waals surface area contributed by atoms with Crippen molar-refractivity contribution < 1.29 is 14.7 Å². The number of carbonyl (C=O) groups excluding carboxylic acids is 1. The second-order valence-corrected chi connectivity index (χ2v) is 5.33. The molecule has 0 saturated carbocycles. The topological polar surface area (TPSA) is 79.3 Å². The Morgan fingerprint density at radius 2 is 2.05 bits per heavy atom. The molecule has 6 heteroatoms. The van der Waals surface area contributed by atoms with E-state index in [2.05, 4.69) is 26.2 Å². The van der Waals surface area contributed by atoms with Crippen LogP contribution in [-0.4, -0.2) is 28.0 Å². The number of benzene rings is 1. The van der Waals surface area contributed by atoms with Crippen LogP contribution in [0.15, 0.2) is 53.1 Å². The summed E-state index contributed by atoms with van der Waals surface area (Å²) in [5.41, 5.74) is 1.01. The van der Waals surface area contributed by atoms with Crippen LogP contribution >= 0.6 is 15.9 Å². The molecule has 0 aliphatic rings. The number of aromatic nitrogens is 1. The van der Waals surface area contributed by atoms with Crippen molar-refractivity contribution in [2.24, 2.45) is 0 Å². The van der Waals surface area contributed by atoms with Gasteiger partial charge in [0.05, 0.1) is 0 Å². The molecule has 0 bridgehead atoms. The molecule has 108 valence electrons. The minimum absolute atomic E-state index is 0.193. The molecule has 0 aliphatic carbocycles. The number of rotatable bonds is 5. The molecular formula is C15H13BrN2O3. The normalized spacial score (nSPS) is 11.7. The number of carbonyl (C=O) groups is 2. The van der Waals surface area contributed by atoms with Gasteiger partial charge in [-0.2, -0.15) is 0 Å². The van der Waals surface area contributed by atoms with E-state index in [4.69, 9.17) is 0 Å². The van der Waals surface area contributed by atoms with E-state index in [1.165, 1.54) is 12.3 Å². The van der Waals surface area contributed by atoms with Gasteiger partial charge in [-0.1, -0.05) is 34.1 Å². The Balaban J connectivity index is 2.09. The second-order valence-electron chi connectivity index (χ2n) is 4.41. The number of carboxylic acid groups (broad SMARTS) is 1. The Kier molecular flexibility index (Phi) is 5.05. The lowest BCUT2D eigenvalue weighted by Crippen LogP contribution is -2.42. The third-order valence-electron chi connectivity index (χ3n) is 2.83. The molecule has 0 fully saturated rings. The molecule has 0 spiro atoms. The molecule has 2 rings (SSSR count). The first-order valence-corrected chi connectivity index (χ1v) is 7.04. The van der Waals surface area contributed by atoms with Gasteiger partial charge in [0.2, 0.25) is 0 Å². The SMILES string of the molecule is O=C(N[C@H](Cc1cccc(Br)c1)C(=O)O)c1ccccn1.